The fraction of sp³-hybridized carbons (Fsp3) is 0. The fourth-order valence-corrected chi connectivity index (χ4v) is 2.64. The van der Waals surface area contributed by atoms with Gasteiger partial charge >= 0.3 is 0 Å². The van der Waals surface area contributed by atoms with E-state index in [1.807, 2.05) is 54.6 Å². The molecule has 108 valence electrons. The monoisotopic (exact) mass is 309 g/mol. The third-order valence-electron chi connectivity index (χ3n) is 3.46. The predicted octanol–water partition coefficient (Wildman–Crippen LogP) is 5.58. The molecule has 0 radical (unpaired) electrons. The van der Waals surface area contributed by atoms with Gasteiger partial charge in [0.1, 0.15) is 0 Å². The lowest BCUT2D eigenvalue weighted by molar-refractivity contribution is -0.384. The van der Waals surface area contributed by atoms with E-state index in [2.05, 4.69) is 0 Å². The van der Waals surface area contributed by atoms with E-state index in [-0.39, 0.29) is 10.6 Å². The van der Waals surface area contributed by atoms with E-state index >= 15 is 0 Å². The summed E-state index contributed by atoms with van der Waals surface area (Å²) in [7, 11) is 0. The molecule has 0 spiro atoms. The average molecular weight is 310 g/mol. The highest BCUT2D eigenvalue weighted by atomic mass is 35.5. The summed E-state index contributed by atoms with van der Waals surface area (Å²) in [5, 5.41) is 11.8. The van der Waals surface area contributed by atoms with Crippen LogP contribution in [-0.2, 0) is 0 Å². The van der Waals surface area contributed by atoms with Gasteiger partial charge < -0.3 is 0 Å². The molecular weight excluding hydrogens is 298 g/mol. The van der Waals surface area contributed by atoms with Crippen LogP contribution in [-0.4, -0.2) is 4.92 Å². The topological polar surface area (TPSA) is 43.1 Å². The maximum atomic E-state index is 11.3. The minimum absolute atomic E-state index is 0.0489. The third kappa shape index (κ3) is 2.71. The molecule has 3 aromatic rings. The lowest BCUT2D eigenvalue weighted by atomic mass is 9.94. The van der Waals surface area contributed by atoms with Gasteiger partial charge in [-0.05, 0) is 28.8 Å². The lowest BCUT2D eigenvalue weighted by Crippen LogP contribution is -1.93. The summed E-state index contributed by atoms with van der Waals surface area (Å²) in [6.45, 7) is 0. The Kier molecular flexibility index (Phi) is 3.90. The zero-order valence-corrected chi connectivity index (χ0v) is 12.3. The number of rotatable bonds is 3. The van der Waals surface area contributed by atoms with Gasteiger partial charge in [0.15, 0.2) is 0 Å². The first-order chi connectivity index (χ1) is 10.7. The molecular formula is C18H12ClNO2. The molecule has 0 unspecified atom stereocenters. The molecule has 3 nitrogen and oxygen atoms in total. The van der Waals surface area contributed by atoms with Crippen LogP contribution in [0.2, 0.25) is 5.02 Å². The highest BCUT2D eigenvalue weighted by Crippen LogP contribution is 2.38. The van der Waals surface area contributed by atoms with Gasteiger partial charge in [0.25, 0.3) is 5.69 Å². The van der Waals surface area contributed by atoms with Crippen molar-refractivity contribution in [1.82, 2.24) is 0 Å². The summed E-state index contributed by atoms with van der Waals surface area (Å²) in [6.07, 6.45) is 0. The van der Waals surface area contributed by atoms with Crippen LogP contribution in [0.1, 0.15) is 0 Å². The van der Waals surface area contributed by atoms with Crippen LogP contribution in [0.3, 0.4) is 0 Å². The van der Waals surface area contributed by atoms with E-state index in [4.69, 9.17) is 11.6 Å². The first kappa shape index (κ1) is 14.3. The van der Waals surface area contributed by atoms with Crippen molar-refractivity contribution in [3.05, 3.63) is 87.9 Å². The number of hydrogen-bond acceptors (Lipinski definition) is 2. The van der Waals surface area contributed by atoms with Crippen LogP contribution in [0.25, 0.3) is 22.3 Å². The molecule has 0 amide bonds. The van der Waals surface area contributed by atoms with Crippen molar-refractivity contribution in [3.63, 3.8) is 0 Å². The van der Waals surface area contributed by atoms with Crippen molar-refractivity contribution < 1.29 is 4.92 Å². The Morgan fingerprint density at radius 2 is 1.41 bits per heavy atom. The Hall–Kier alpha value is -2.65. The van der Waals surface area contributed by atoms with Crippen LogP contribution in [0.15, 0.2) is 72.8 Å². The fourth-order valence-electron chi connectivity index (χ4n) is 2.47. The molecule has 0 aliphatic heterocycles. The van der Waals surface area contributed by atoms with Gasteiger partial charge in [-0.3, -0.25) is 10.1 Å². The Labute approximate surface area is 133 Å². The van der Waals surface area contributed by atoms with Gasteiger partial charge in [-0.1, -0.05) is 66.2 Å². The van der Waals surface area contributed by atoms with E-state index in [9.17, 15) is 10.1 Å². The molecule has 3 rings (SSSR count). The van der Waals surface area contributed by atoms with Crippen LogP contribution < -0.4 is 0 Å². The summed E-state index contributed by atoms with van der Waals surface area (Å²) < 4.78 is 0. The van der Waals surface area contributed by atoms with Crippen molar-refractivity contribution in [1.29, 1.82) is 0 Å². The highest BCUT2D eigenvalue weighted by molar-refractivity contribution is 6.31. The molecule has 0 aliphatic rings. The average Bonchev–Trinajstić information content (AvgIpc) is 2.55. The molecule has 22 heavy (non-hydrogen) atoms. The van der Waals surface area contributed by atoms with Crippen LogP contribution in [0.5, 0.6) is 0 Å². The van der Waals surface area contributed by atoms with Crippen LogP contribution in [0.4, 0.5) is 5.69 Å². The number of nitrogens with zero attached hydrogens (tertiary/aromatic N) is 1. The van der Waals surface area contributed by atoms with E-state index in [0.29, 0.717) is 10.6 Å². The zero-order valence-electron chi connectivity index (χ0n) is 11.6. The molecule has 3 aromatic carbocycles. The minimum Gasteiger partial charge on any atom is -0.258 e. The van der Waals surface area contributed by atoms with Crippen LogP contribution >= 0.6 is 11.6 Å². The zero-order chi connectivity index (χ0) is 15.5. The molecule has 0 saturated carbocycles. The predicted molar refractivity (Wildman–Crippen MR) is 89.0 cm³/mol. The second-order valence-electron chi connectivity index (χ2n) is 4.83. The Morgan fingerprint density at radius 1 is 0.773 bits per heavy atom. The van der Waals surface area contributed by atoms with Crippen molar-refractivity contribution in [3.8, 4) is 22.3 Å². The smallest absolute Gasteiger partial charge is 0.258 e. The lowest BCUT2D eigenvalue weighted by Gasteiger charge is -2.10. The molecule has 0 saturated heterocycles. The third-order valence-corrected chi connectivity index (χ3v) is 3.69. The minimum atomic E-state index is -0.382. The maximum Gasteiger partial charge on any atom is 0.277 e. The van der Waals surface area contributed by atoms with Gasteiger partial charge in [-0.25, -0.2) is 0 Å². The summed E-state index contributed by atoms with van der Waals surface area (Å²) in [6, 6.07) is 22.0. The summed E-state index contributed by atoms with van der Waals surface area (Å²) >= 11 is 6.05. The Bertz CT molecular complexity index is 832. The number of hydrogen-bond donors (Lipinski definition) is 0. The molecule has 4 heteroatoms. The molecule has 0 heterocycles. The van der Waals surface area contributed by atoms with Gasteiger partial charge in [0.2, 0.25) is 0 Å². The first-order valence-electron chi connectivity index (χ1n) is 6.75. The van der Waals surface area contributed by atoms with Crippen molar-refractivity contribution in [2.45, 2.75) is 0 Å². The first-order valence-corrected chi connectivity index (χ1v) is 7.13. The van der Waals surface area contributed by atoms with Gasteiger partial charge in [-0.2, -0.15) is 0 Å². The number of nitro benzene ring substituents is 1. The largest absolute Gasteiger partial charge is 0.277 e. The normalized spacial score (nSPS) is 10.4. The molecule has 0 atom stereocenters. The quantitative estimate of drug-likeness (QED) is 0.468. The van der Waals surface area contributed by atoms with E-state index in [0.717, 1.165) is 16.7 Å². The second-order valence-corrected chi connectivity index (χ2v) is 5.27. The van der Waals surface area contributed by atoms with Crippen molar-refractivity contribution in [2.24, 2.45) is 0 Å². The van der Waals surface area contributed by atoms with Crippen molar-refractivity contribution in [2.75, 3.05) is 0 Å². The highest BCUT2D eigenvalue weighted by Gasteiger charge is 2.18. The molecule has 0 aliphatic carbocycles. The summed E-state index contributed by atoms with van der Waals surface area (Å²) in [5.41, 5.74) is 3.31. The number of nitro groups is 1. The van der Waals surface area contributed by atoms with Gasteiger partial charge in [0, 0.05) is 11.1 Å². The van der Waals surface area contributed by atoms with E-state index in [1.165, 1.54) is 12.1 Å². The van der Waals surface area contributed by atoms with Gasteiger partial charge in [0.05, 0.1) is 10.5 Å². The standard InChI is InChI=1S/C18H12ClNO2/c19-14-10-11-18(20(21)22)17(12-14)16-9-5-4-8-15(16)13-6-2-1-3-7-13/h1-12H. The Morgan fingerprint density at radius 3 is 2.09 bits per heavy atom. The molecule has 0 bridgehead atoms. The summed E-state index contributed by atoms with van der Waals surface area (Å²) in [5.74, 6) is 0. The second kappa shape index (κ2) is 6.00. The summed E-state index contributed by atoms with van der Waals surface area (Å²) in [4.78, 5) is 10.9. The number of halogens is 1. The molecule has 0 N–H and O–H groups in total. The van der Waals surface area contributed by atoms with Crippen LogP contribution in [0, 0.1) is 10.1 Å². The van der Waals surface area contributed by atoms with Crippen molar-refractivity contribution >= 4 is 17.3 Å². The van der Waals surface area contributed by atoms with Gasteiger partial charge in [-0.15, -0.1) is 0 Å². The number of benzene rings is 3. The molecule has 0 aromatic heterocycles. The SMILES string of the molecule is O=[N+]([O-])c1ccc(Cl)cc1-c1ccccc1-c1ccccc1. The molecule has 0 fully saturated rings. The maximum absolute atomic E-state index is 11.3. The van der Waals surface area contributed by atoms with E-state index in [1.54, 1.807) is 6.07 Å². The Balaban J connectivity index is 2.27. The van der Waals surface area contributed by atoms with E-state index < -0.39 is 0 Å².